The number of nitrogens with zero attached hydrogens (tertiary/aromatic N) is 1. The number of benzene rings is 1. The zero-order chi connectivity index (χ0) is 17.8. The molecular formula is C15H21NO6S. The Morgan fingerprint density at radius 1 is 1.35 bits per heavy atom. The van der Waals surface area contributed by atoms with Crippen molar-refractivity contribution in [3.63, 3.8) is 0 Å². The van der Waals surface area contributed by atoms with Crippen LogP contribution in [-0.4, -0.2) is 56.3 Å². The van der Waals surface area contributed by atoms with Crippen molar-refractivity contribution in [2.24, 2.45) is 0 Å². The molecule has 128 valence electrons. The van der Waals surface area contributed by atoms with Crippen LogP contribution in [0.2, 0.25) is 0 Å². The quantitative estimate of drug-likeness (QED) is 0.803. The SMILES string of the molecule is CCC(C)N(CC(=O)O)C(=O)c1cc(S(C)(=O)=O)ccc1OC. The number of hydrogen-bond donors (Lipinski definition) is 1. The monoisotopic (exact) mass is 343 g/mol. The van der Waals surface area contributed by atoms with E-state index in [1.165, 1.54) is 30.2 Å². The highest BCUT2D eigenvalue weighted by Gasteiger charge is 2.26. The van der Waals surface area contributed by atoms with Crippen molar-refractivity contribution < 1.29 is 27.9 Å². The topological polar surface area (TPSA) is 101 Å². The van der Waals surface area contributed by atoms with Crippen molar-refractivity contribution in [2.45, 2.75) is 31.2 Å². The predicted octanol–water partition coefficient (Wildman–Crippen LogP) is 1.42. The Morgan fingerprint density at radius 3 is 2.39 bits per heavy atom. The van der Waals surface area contributed by atoms with Gasteiger partial charge in [-0.1, -0.05) is 6.92 Å². The van der Waals surface area contributed by atoms with Crippen LogP contribution in [-0.2, 0) is 14.6 Å². The van der Waals surface area contributed by atoms with E-state index in [2.05, 4.69) is 0 Å². The predicted molar refractivity (Wildman–Crippen MR) is 84.5 cm³/mol. The van der Waals surface area contributed by atoms with Crippen molar-refractivity contribution in [1.29, 1.82) is 0 Å². The summed E-state index contributed by atoms with van der Waals surface area (Å²) in [6.07, 6.45) is 1.60. The van der Waals surface area contributed by atoms with Gasteiger partial charge in [0.15, 0.2) is 9.84 Å². The second-order valence-electron chi connectivity index (χ2n) is 5.22. The molecule has 7 nitrogen and oxygen atoms in total. The summed E-state index contributed by atoms with van der Waals surface area (Å²) < 4.78 is 28.5. The smallest absolute Gasteiger partial charge is 0.323 e. The Labute approximate surface area is 135 Å². The lowest BCUT2D eigenvalue weighted by Gasteiger charge is -2.27. The molecule has 0 fully saturated rings. The first-order valence-corrected chi connectivity index (χ1v) is 8.91. The molecule has 1 unspecified atom stereocenters. The third-order valence-electron chi connectivity index (χ3n) is 3.52. The fraction of sp³-hybridized carbons (Fsp3) is 0.467. The van der Waals surface area contributed by atoms with Crippen LogP contribution in [0.15, 0.2) is 23.1 Å². The number of methoxy groups -OCH3 is 1. The molecule has 0 aliphatic carbocycles. The second-order valence-corrected chi connectivity index (χ2v) is 7.23. The van der Waals surface area contributed by atoms with Gasteiger partial charge in [-0.25, -0.2) is 8.42 Å². The average molecular weight is 343 g/mol. The van der Waals surface area contributed by atoms with Crippen LogP contribution in [0, 0.1) is 0 Å². The summed E-state index contributed by atoms with van der Waals surface area (Å²) >= 11 is 0. The molecule has 1 rings (SSSR count). The van der Waals surface area contributed by atoms with Gasteiger partial charge in [0.25, 0.3) is 5.91 Å². The minimum absolute atomic E-state index is 0.0250. The van der Waals surface area contributed by atoms with Crippen molar-refractivity contribution in [2.75, 3.05) is 19.9 Å². The Hall–Kier alpha value is -2.09. The van der Waals surface area contributed by atoms with Gasteiger partial charge >= 0.3 is 5.97 Å². The number of sulfone groups is 1. The summed E-state index contributed by atoms with van der Waals surface area (Å²) in [7, 11) is -2.14. The van der Waals surface area contributed by atoms with Crippen LogP contribution in [0.4, 0.5) is 0 Å². The molecule has 0 saturated carbocycles. The molecule has 0 radical (unpaired) electrons. The van der Waals surface area contributed by atoms with Crippen LogP contribution in [0.25, 0.3) is 0 Å². The van der Waals surface area contributed by atoms with Crippen molar-refractivity contribution in [3.05, 3.63) is 23.8 Å². The average Bonchev–Trinajstić information content (AvgIpc) is 2.49. The van der Waals surface area contributed by atoms with Crippen LogP contribution in [0.5, 0.6) is 5.75 Å². The Balaban J connectivity index is 3.39. The number of amides is 1. The molecule has 1 aromatic rings. The molecule has 8 heteroatoms. The zero-order valence-corrected chi connectivity index (χ0v) is 14.4. The van der Waals surface area contributed by atoms with E-state index in [4.69, 9.17) is 9.84 Å². The number of aliphatic carboxylic acids is 1. The molecule has 23 heavy (non-hydrogen) atoms. The van der Waals surface area contributed by atoms with Crippen LogP contribution < -0.4 is 4.74 Å². The molecule has 0 heterocycles. The van der Waals surface area contributed by atoms with E-state index in [9.17, 15) is 18.0 Å². The molecule has 0 aliphatic rings. The number of carboxylic acids is 1. The maximum atomic E-state index is 12.7. The molecule has 1 amide bonds. The molecule has 1 aromatic carbocycles. The van der Waals surface area contributed by atoms with Crippen LogP contribution in [0.1, 0.15) is 30.6 Å². The summed E-state index contributed by atoms with van der Waals surface area (Å²) in [5.74, 6) is -1.53. The summed E-state index contributed by atoms with van der Waals surface area (Å²) in [5, 5.41) is 9.01. The number of carbonyl (C=O) groups is 2. The lowest BCUT2D eigenvalue weighted by molar-refractivity contribution is -0.138. The summed E-state index contributed by atoms with van der Waals surface area (Å²) in [4.78, 5) is 24.9. The van der Waals surface area contributed by atoms with E-state index >= 15 is 0 Å². The van der Waals surface area contributed by atoms with Gasteiger partial charge in [-0.05, 0) is 31.5 Å². The van der Waals surface area contributed by atoms with E-state index in [0.717, 1.165) is 6.26 Å². The third kappa shape index (κ3) is 4.69. The lowest BCUT2D eigenvalue weighted by Crippen LogP contribution is -2.42. The highest BCUT2D eigenvalue weighted by molar-refractivity contribution is 7.90. The fourth-order valence-corrected chi connectivity index (χ4v) is 2.68. The molecule has 0 spiro atoms. The maximum Gasteiger partial charge on any atom is 0.323 e. The van der Waals surface area contributed by atoms with Gasteiger partial charge in [-0.2, -0.15) is 0 Å². The molecular weight excluding hydrogens is 322 g/mol. The van der Waals surface area contributed by atoms with E-state index in [1.54, 1.807) is 6.92 Å². The number of carbonyl (C=O) groups excluding carboxylic acids is 1. The molecule has 1 N–H and O–H groups in total. The third-order valence-corrected chi connectivity index (χ3v) is 4.63. The van der Waals surface area contributed by atoms with Crippen LogP contribution in [0.3, 0.4) is 0 Å². The second kappa shape index (κ2) is 7.45. The standard InChI is InChI=1S/C15H21NO6S/c1-5-10(2)16(9-14(17)18)15(19)12-8-11(23(4,20)21)6-7-13(12)22-3/h6-8,10H,5,9H2,1-4H3,(H,17,18). The van der Waals surface area contributed by atoms with E-state index in [-0.39, 0.29) is 22.3 Å². The summed E-state index contributed by atoms with van der Waals surface area (Å²) in [6, 6.07) is 3.63. The van der Waals surface area contributed by atoms with Gasteiger partial charge in [0, 0.05) is 12.3 Å². The summed E-state index contributed by atoms with van der Waals surface area (Å²) in [5.41, 5.74) is 0.0250. The number of carboxylic acid groups (broad SMARTS) is 1. The number of rotatable bonds is 7. The first-order chi connectivity index (χ1) is 10.6. The van der Waals surface area contributed by atoms with Crippen molar-refractivity contribution in [3.8, 4) is 5.75 Å². The fourth-order valence-electron chi connectivity index (χ4n) is 2.03. The number of ether oxygens (including phenoxy) is 1. The van der Waals surface area contributed by atoms with Crippen molar-refractivity contribution >= 4 is 21.7 Å². The Morgan fingerprint density at radius 2 is 1.96 bits per heavy atom. The lowest BCUT2D eigenvalue weighted by atomic mass is 10.1. The minimum atomic E-state index is -3.50. The molecule has 0 aromatic heterocycles. The minimum Gasteiger partial charge on any atom is -0.496 e. The van der Waals surface area contributed by atoms with E-state index in [0.29, 0.717) is 6.42 Å². The summed E-state index contributed by atoms with van der Waals surface area (Å²) in [6.45, 7) is 3.09. The first-order valence-electron chi connectivity index (χ1n) is 7.02. The maximum absolute atomic E-state index is 12.7. The van der Waals surface area contributed by atoms with Gasteiger partial charge in [-0.15, -0.1) is 0 Å². The normalized spacial score (nSPS) is 12.5. The van der Waals surface area contributed by atoms with Gasteiger partial charge in [0.2, 0.25) is 0 Å². The molecule has 1 atom stereocenters. The molecule has 0 bridgehead atoms. The van der Waals surface area contributed by atoms with Gasteiger partial charge in [0.1, 0.15) is 12.3 Å². The highest BCUT2D eigenvalue weighted by Crippen LogP contribution is 2.25. The van der Waals surface area contributed by atoms with Crippen molar-refractivity contribution in [1.82, 2.24) is 4.90 Å². The van der Waals surface area contributed by atoms with Gasteiger partial charge < -0.3 is 14.7 Å². The van der Waals surface area contributed by atoms with Crippen LogP contribution >= 0.6 is 0 Å². The Kier molecular flexibility index (Phi) is 6.14. The van der Waals surface area contributed by atoms with Gasteiger partial charge in [-0.3, -0.25) is 9.59 Å². The van der Waals surface area contributed by atoms with E-state index < -0.39 is 28.3 Å². The number of hydrogen-bond acceptors (Lipinski definition) is 5. The Bertz CT molecular complexity index is 698. The largest absolute Gasteiger partial charge is 0.496 e. The molecule has 0 saturated heterocycles. The zero-order valence-electron chi connectivity index (χ0n) is 13.6. The van der Waals surface area contributed by atoms with Gasteiger partial charge in [0.05, 0.1) is 17.6 Å². The molecule has 0 aliphatic heterocycles. The van der Waals surface area contributed by atoms with E-state index in [1.807, 2.05) is 6.92 Å². The first kappa shape index (κ1) is 19.0. The highest BCUT2D eigenvalue weighted by atomic mass is 32.2.